The number of rotatable bonds is 7. The molecule has 0 aliphatic heterocycles. The van der Waals surface area contributed by atoms with E-state index in [1.165, 1.54) is 22.7 Å². The third-order valence-corrected chi connectivity index (χ3v) is 7.25. The van der Waals surface area contributed by atoms with Crippen molar-refractivity contribution in [2.75, 3.05) is 20.3 Å². The van der Waals surface area contributed by atoms with Crippen LogP contribution in [0.15, 0.2) is 48.8 Å². The van der Waals surface area contributed by atoms with Gasteiger partial charge in [0.2, 0.25) is 0 Å². The molecule has 164 valence electrons. The van der Waals surface area contributed by atoms with E-state index in [9.17, 15) is 9.59 Å². The van der Waals surface area contributed by atoms with Crippen LogP contribution in [0, 0.1) is 0 Å². The fourth-order valence-corrected chi connectivity index (χ4v) is 6.05. The molecule has 0 N–H and O–H groups in total. The number of esters is 2. The van der Waals surface area contributed by atoms with Gasteiger partial charge in [0.25, 0.3) is 0 Å². The molecule has 32 heavy (non-hydrogen) atoms. The van der Waals surface area contributed by atoms with Crippen LogP contribution in [0.1, 0.15) is 33.2 Å². The molecule has 0 saturated carbocycles. The summed E-state index contributed by atoms with van der Waals surface area (Å²) in [5.74, 6) is -0.0547. The Bertz CT molecular complexity index is 1260. The van der Waals surface area contributed by atoms with Crippen LogP contribution in [0.4, 0.5) is 0 Å². The summed E-state index contributed by atoms with van der Waals surface area (Å²) in [6.07, 6.45) is 3.36. The number of ether oxygens (including phenoxy) is 3. The minimum atomic E-state index is -0.384. The average molecular weight is 468 g/mol. The maximum absolute atomic E-state index is 12.9. The van der Waals surface area contributed by atoms with Gasteiger partial charge in [-0.25, -0.2) is 9.59 Å². The number of methoxy groups -OCH3 is 1. The summed E-state index contributed by atoms with van der Waals surface area (Å²) >= 11 is 2.66. The van der Waals surface area contributed by atoms with Gasteiger partial charge in [0.15, 0.2) is 0 Å². The van der Waals surface area contributed by atoms with Crippen molar-refractivity contribution >= 4 is 44.0 Å². The second kappa shape index (κ2) is 9.50. The third kappa shape index (κ3) is 3.99. The normalized spacial score (nSPS) is 10.8. The van der Waals surface area contributed by atoms with Gasteiger partial charge in [-0.15, -0.1) is 22.7 Å². The van der Waals surface area contributed by atoms with Crippen molar-refractivity contribution < 1.29 is 23.8 Å². The van der Waals surface area contributed by atoms with E-state index >= 15 is 0 Å². The highest BCUT2D eigenvalue weighted by atomic mass is 32.2. The molecule has 0 atom stereocenters. The summed E-state index contributed by atoms with van der Waals surface area (Å²) < 4.78 is 16.8. The van der Waals surface area contributed by atoms with E-state index in [1.54, 1.807) is 33.4 Å². The average Bonchev–Trinajstić information content (AvgIpc) is 3.36. The zero-order valence-electron chi connectivity index (χ0n) is 17.8. The highest BCUT2D eigenvalue weighted by Gasteiger charge is 2.29. The van der Waals surface area contributed by atoms with Gasteiger partial charge in [-0.1, -0.05) is 12.1 Å². The molecule has 0 aliphatic rings. The highest BCUT2D eigenvalue weighted by molar-refractivity contribution is 7.40. The molecule has 0 fully saturated rings. The lowest BCUT2D eigenvalue weighted by Gasteiger charge is -2.09. The Labute approximate surface area is 193 Å². The number of hydrogen-bond acceptors (Lipinski definition) is 8. The number of fused-ring (bicyclic) bond motifs is 1. The number of carbonyl (C=O) groups is 2. The van der Waals surface area contributed by atoms with E-state index in [4.69, 9.17) is 14.2 Å². The van der Waals surface area contributed by atoms with E-state index in [0.717, 1.165) is 31.7 Å². The van der Waals surface area contributed by atoms with Gasteiger partial charge in [0.1, 0.15) is 15.5 Å². The number of carbonyl (C=O) groups excluding carboxylic acids is 2. The molecule has 3 heterocycles. The van der Waals surface area contributed by atoms with Gasteiger partial charge >= 0.3 is 11.9 Å². The maximum atomic E-state index is 12.9. The highest BCUT2D eigenvalue weighted by Crippen LogP contribution is 2.50. The second-order valence-corrected chi connectivity index (χ2v) is 8.98. The van der Waals surface area contributed by atoms with Crippen molar-refractivity contribution in [3.05, 3.63) is 58.5 Å². The Hall–Kier alpha value is -3.23. The third-order valence-electron chi connectivity index (χ3n) is 4.82. The minimum Gasteiger partial charge on any atom is -0.497 e. The topological polar surface area (TPSA) is 74.7 Å². The van der Waals surface area contributed by atoms with Gasteiger partial charge in [0.05, 0.1) is 24.3 Å². The van der Waals surface area contributed by atoms with Crippen molar-refractivity contribution in [1.82, 2.24) is 4.98 Å². The summed E-state index contributed by atoms with van der Waals surface area (Å²) in [5.41, 5.74) is 3.15. The molecule has 0 amide bonds. The molecule has 0 aliphatic carbocycles. The van der Waals surface area contributed by atoms with Gasteiger partial charge in [-0.05, 0) is 49.2 Å². The fourth-order valence-electron chi connectivity index (χ4n) is 3.47. The molecule has 4 aromatic rings. The van der Waals surface area contributed by atoms with Crippen LogP contribution >= 0.6 is 22.7 Å². The Morgan fingerprint density at radius 3 is 1.78 bits per heavy atom. The summed E-state index contributed by atoms with van der Waals surface area (Å²) in [4.78, 5) is 30.8. The molecule has 0 unspecified atom stereocenters. The van der Waals surface area contributed by atoms with Gasteiger partial charge < -0.3 is 14.2 Å². The lowest BCUT2D eigenvalue weighted by Crippen LogP contribution is -2.05. The van der Waals surface area contributed by atoms with E-state index < -0.39 is 0 Å². The molecular formula is C24H21NO5S2. The lowest BCUT2D eigenvalue weighted by atomic mass is 9.96. The summed E-state index contributed by atoms with van der Waals surface area (Å²) in [5, 5.41) is 0.836. The summed E-state index contributed by atoms with van der Waals surface area (Å²) in [6.45, 7) is 4.11. The van der Waals surface area contributed by atoms with Crippen molar-refractivity contribution in [2.45, 2.75) is 13.8 Å². The number of thiophene rings is 2. The quantitative estimate of drug-likeness (QED) is 0.308. The molecule has 1 aromatic carbocycles. The molecule has 8 heteroatoms. The first-order valence-corrected chi connectivity index (χ1v) is 11.7. The molecule has 4 rings (SSSR count). The smallest absolute Gasteiger partial charge is 0.349 e. The molecule has 0 saturated heterocycles. The first kappa shape index (κ1) is 22.0. The van der Waals surface area contributed by atoms with Crippen molar-refractivity contribution in [3.63, 3.8) is 0 Å². The molecule has 3 aromatic heterocycles. The number of nitrogens with zero attached hydrogens (tertiary/aromatic N) is 1. The lowest BCUT2D eigenvalue weighted by molar-refractivity contribution is 0.0523. The Kier molecular flexibility index (Phi) is 6.53. The zero-order chi connectivity index (χ0) is 22.7. The summed E-state index contributed by atoms with van der Waals surface area (Å²) in [6, 6.07) is 11.2. The van der Waals surface area contributed by atoms with Crippen molar-refractivity contribution in [2.24, 2.45) is 0 Å². The van der Waals surface area contributed by atoms with E-state index in [-0.39, 0.29) is 25.2 Å². The van der Waals surface area contributed by atoms with Gasteiger partial charge in [0, 0.05) is 28.9 Å². The first-order valence-electron chi connectivity index (χ1n) is 10.1. The number of benzene rings is 1. The predicted octanol–water partition coefficient (Wildman–Crippen LogP) is 6.05. The van der Waals surface area contributed by atoms with Crippen LogP contribution < -0.4 is 4.74 Å². The van der Waals surface area contributed by atoms with E-state index in [1.807, 2.05) is 36.4 Å². The standard InChI is InChI=1S/C24H21NO5S2/c1-4-29-22(26)20-17(14-6-8-16(28-3)9-7-14)19-18(15-10-12-25-13-11-15)21(23(27)30-5-2)32-24(19)31-20/h6-13H,4-5H2,1-3H3. The fraction of sp³-hybridized carbons (Fsp3) is 0.208. The Morgan fingerprint density at radius 2 is 1.31 bits per heavy atom. The first-order chi connectivity index (χ1) is 15.6. The Morgan fingerprint density at radius 1 is 0.812 bits per heavy atom. The van der Waals surface area contributed by atoms with Crippen LogP contribution in [0.3, 0.4) is 0 Å². The van der Waals surface area contributed by atoms with E-state index in [2.05, 4.69) is 4.98 Å². The van der Waals surface area contributed by atoms with E-state index in [0.29, 0.717) is 15.5 Å². The second-order valence-electron chi connectivity index (χ2n) is 6.68. The van der Waals surface area contributed by atoms with Crippen molar-refractivity contribution in [1.29, 1.82) is 0 Å². The maximum Gasteiger partial charge on any atom is 0.349 e. The zero-order valence-corrected chi connectivity index (χ0v) is 19.5. The molecule has 0 radical (unpaired) electrons. The minimum absolute atomic E-state index is 0.276. The van der Waals surface area contributed by atoms with Crippen molar-refractivity contribution in [3.8, 4) is 28.0 Å². The Balaban J connectivity index is 2.06. The molecule has 0 bridgehead atoms. The summed E-state index contributed by atoms with van der Waals surface area (Å²) in [7, 11) is 1.61. The molecule has 6 nitrogen and oxygen atoms in total. The SMILES string of the molecule is CCOC(=O)c1sc2sc(C(=O)OCC)c(-c3ccc(OC)cc3)c2c1-c1ccncc1. The number of aromatic nitrogens is 1. The molecule has 0 spiro atoms. The number of hydrogen-bond donors (Lipinski definition) is 0. The predicted molar refractivity (Wildman–Crippen MR) is 127 cm³/mol. The largest absolute Gasteiger partial charge is 0.497 e. The molecular weight excluding hydrogens is 446 g/mol. The van der Waals surface area contributed by atoms with Crippen LogP contribution in [0.2, 0.25) is 0 Å². The van der Waals surface area contributed by atoms with Crippen LogP contribution in [-0.4, -0.2) is 37.2 Å². The van der Waals surface area contributed by atoms with Gasteiger partial charge in [-0.3, -0.25) is 4.98 Å². The number of pyridine rings is 1. The van der Waals surface area contributed by atoms with Gasteiger partial charge in [-0.2, -0.15) is 0 Å². The monoisotopic (exact) mass is 467 g/mol. The van der Waals surface area contributed by atoms with Crippen LogP contribution in [0.5, 0.6) is 5.75 Å². The van der Waals surface area contributed by atoms with Crippen LogP contribution in [0.25, 0.3) is 31.7 Å². The van der Waals surface area contributed by atoms with Crippen LogP contribution in [-0.2, 0) is 9.47 Å².